The predicted molar refractivity (Wildman–Crippen MR) is 123 cm³/mol. The van der Waals surface area contributed by atoms with E-state index in [4.69, 9.17) is 5.73 Å². The van der Waals surface area contributed by atoms with Gasteiger partial charge in [-0.2, -0.15) is 4.52 Å². The smallest absolute Gasteiger partial charge is 0.258 e. The molecule has 4 aromatic heterocycles. The maximum Gasteiger partial charge on any atom is 0.258 e. The number of hydrogen-bond donors (Lipinski definition) is 1. The van der Waals surface area contributed by atoms with Gasteiger partial charge < -0.3 is 10.3 Å². The number of halogens is 2. The molecule has 2 N–H and O–H groups in total. The van der Waals surface area contributed by atoms with Crippen LogP contribution in [0.3, 0.4) is 0 Å². The molecule has 34 heavy (non-hydrogen) atoms. The Labute approximate surface area is 192 Å². The highest BCUT2D eigenvalue weighted by atomic mass is 19.1. The Bertz CT molecular complexity index is 1580. The Morgan fingerprint density at radius 3 is 2.56 bits per heavy atom. The van der Waals surface area contributed by atoms with Gasteiger partial charge in [0.05, 0.1) is 28.9 Å². The van der Waals surface area contributed by atoms with E-state index in [1.807, 2.05) is 6.92 Å². The van der Waals surface area contributed by atoms with Crippen LogP contribution in [0.4, 0.5) is 14.7 Å². The zero-order valence-electron chi connectivity index (χ0n) is 18.1. The van der Waals surface area contributed by atoms with Gasteiger partial charge in [-0.15, -0.1) is 5.10 Å². The maximum atomic E-state index is 14.2. The van der Waals surface area contributed by atoms with Gasteiger partial charge in [-0.3, -0.25) is 9.78 Å². The lowest BCUT2D eigenvalue weighted by atomic mass is 10.0. The Morgan fingerprint density at radius 1 is 1.03 bits per heavy atom. The van der Waals surface area contributed by atoms with Crippen LogP contribution < -0.4 is 11.3 Å². The van der Waals surface area contributed by atoms with Gasteiger partial charge in [-0.05, 0) is 55.5 Å². The molecule has 0 aliphatic heterocycles. The normalized spacial score (nSPS) is 11.3. The number of hydrogen-bond acceptors (Lipinski definition) is 6. The molecule has 0 fully saturated rings. The van der Waals surface area contributed by atoms with Crippen LogP contribution in [-0.4, -0.2) is 29.1 Å². The molecule has 5 rings (SSSR count). The molecule has 0 spiro atoms. The summed E-state index contributed by atoms with van der Waals surface area (Å²) in [6.07, 6.45) is 3.19. The molecular formula is C24H19F2N7O. The summed E-state index contributed by atoms with van der Waals surface area (Å²) in [6, 6.07) is 11.9. The number of anilines is 1. The van der Waals surface area contributed by atoms with E-state index in [0.29, 0.717) is 28.9 Å². The standard InChI is InChI=1S/C24H19F2N7O/c1-2-32-12-4-5-16(23(32)34)20-21(14-7-9-15(25)10-8-14)30-24(27)33-22(20)29-19(31-33)13-18-17(26)6-3-11-28-18/h3-12H,2,13H2,1H3,(H2,27,30). The molecule has 0 bridgehead atoms. The topological polar surface area (TPSA) is 104 Å². The monoisotopic (exact) mass is 459 g/mol. The number of benzene rings is 1. The molecule has 5 aromatic rings. The number of nitrogens with two attached hydrogens (primary N) is 1. The number of nitrogens with zero attached hydrogens (tertiary/aromatic N) is 6. The summed E-state index contributed by atoms with van der Waals surface area (Å²) in [5.74, 6) is -0.608. The fraction of sp³-hybridized carbons (Fsp3) is 0.125. The van der Waals surface area contributed by atoms with Crippen LogP contribution in [0.5, 0.6) is 0 Å². The third-order valence-corrected chi connectivity index (χ3v) is 5.46. The molecule has 0 radical (unpaired) electrons. The number of aromatic nitrogens is 6. The summed E-state index contributed by atoms with van der Waals surface area (Å²) in [5, 5.41) is 4.40. The van der Waals surface area contributed by atoms with E-state index >= 15 is 0 Å². The molecule has 1 aromatic carbocycles. The molecule has 0 amide bonds. The zero-order valence-corrected chi connectivity index (χ0v) is 18.1. The predicted octanol–water partition coefficient (Wildman–Crippen LogP) is 3.49. The number of aryl methyl sites for hydroxylation is 1. The van der Waals surface area contributed by atoms with Crippen molar-refractivity contribution in [1.82, 2.24) is 29.1 Å². The molecule has 0 saturated carbocycles. The fourth-order valence-corrected chi connectivity index (χ4v) is 3.81. The van der Waals surface area contributed by atoms with E-state index in [1.165, 1.54) is 35.0 Å². The van der Waals surface area contributed by atoms with Crippen molar-refractivity contribution in [2.75, 3.05) is 5.73 Å². The summed E-state index contributed by atoms with van der Waals surface area (Å²) >= 11 is 0. The van der Waals surface area contributed by atoms with Crippen molar-refractivity contribution >= 4 is 11.6 Å². The molecule has 8 nitrogen and oxygen atoms in total. The lowest BCUT2D eigenvalue weighted by molar-refractivity contribution is 0.601. The second-order valence-corrected chi connectivity index (χ2v) is 7.59. The van der Waals surface area contributed by atoms with Crippen molar-refractivity contribution in [3.05, 3.63) is 94.4 Å². The average Bonchev–Trinajstić information content (AvgIpc) is 3.26. The average molecular weight is 459 g/mol. The molecule has 0 aliphatic carbocycles. The highest BCUT2D eigenvalue weighted by molar-refractivity contribution is 5.90. The Kier molecular flexibility index (Phi) is 5.33. The van der Waals surface area contributed by atoms with Crippen LogP contribution >= 0.6 is 0 Å². The van der Waals surface area contributed by atoms with Crippen molar-refractivity contribution in [2.45, 2.75) is 19.9 Å². The van der Waals surface area contributed by atoms with Gasteiger partial charge in [0.25, 0.3) is 5.56 Å². The van der Waals surface area contributed by atoms with Crippen molar-refractivity contribution < 1.29 is 8.78 Å². The second kappa shape index (κ2) is 8.47. The van der Waals surface area contributed by atoms with Crippen LogP contribution in [0, 0.1) is 11.6 Å². The largest absolute Gasteiger partial charge is 0.368 e. The van der Waals surface area contributed by atoms with Gasteiger partial charge in [0.1, 0.15) is 11.6 Å². The van der Waals surface area contributed by atoms with E-state index in [-0.39, 0.29) is 35.1 Å². The first kappa shape index (κ1) is 21.4. The summed E-state index contributed by atoms with van der Waals surface area (Å²) in [5.41, 5.74) is 8.06. The third-order valence-electron chi connectivity index (χ3n) is 5.46. The molecule has 0 saturated heterocycles. The van der Waals surface area contributed by atoms with E-state index in [9.17, 15) is 13.6 Å². The van der Waals surface area contributed by atoms with Gasteiger partial charge in [0.15, 0.2) is 11.5 Å². The minimum atomic E-state index is -0.478. The van der Waals surface area contributed by atoms with Gasteiger partial charge in [0, 0.05) is 24.5 Å². The Balaban J connectivity index is 1.80. The first-order valence-corrected chi connectivity index (χ1v) is 10.6. The van der Waals surface area contributed by atoms with Crippen molar-refractivity contribution in [3.8, 4) is 22.4 Å². The summed E-state index contributed by atoms with van der Waals surface area (Å²) < 4.78 is 30.6. The minimum Gasteiger partial charge on any atom is -0.368 e. The lowest BCUT2D eigenvalue weighted by Gasteiger charge is -2.13. The lowest BCUT2D eigenvalue weighted by Crippen LogP contribution is -2.20. The Hall–Kier alpha value is -4.47. The van der Waals surface area contributed by atoms with E-state index < -0.39 is 11.6 Å². The SMILES string of the molecule is CCn1cccc(-c2c(-c3ccc(F)cc3)nc(N)n3nc(Cc4ncccc4F)nc23)c1=O. The highest BCUT2D eigenvalue weighted by Crippen LogP contribution is 2.33. The summed E-state index contributed by atoms with van der Waals surface area (Å²) in [7, 11) is 0. The van der Waals surface area contributed by atoms with Crippen LogP contribution in [0.1, 0.15) is 18.4 Å². The molecule has 10 heteroatoms. The van der Waals surface area contributed by atoms with E-state index in [1.54, 1.807) is 35.0 Å². The molecular weight excluding hydrogens is 440 g/mol. The molecule has 0 atom stereocenters. The van der Waals surface area contributed by atoms with Crippen LogP contribution in [-0.2, 0) is 13.0 Å². The number of fused-ring (bicyclic) bond motifs is 1. The second-order valence-electron chi connectivity index (χ2n) is 7.59. The number of rotatable bonds is 5. The highest BCUT2D eigenvalue weighted by Gasteiger charge is 2.23. The minimum absolute atomic E-state index is 0.0186. The summed E-state index contributed by atoms with van der Waals surface area (Å²) in [6.45, 7) is 2.33. The Morgan fingerprint density at radius 2 is 1.82 bits per heavy atom. The van der Waals surface area contributed by atoms with Crippen molar-refractivity contribution in [1.29, 1.82) is 0 Å². The van der Waals surface area contributed by atoms with E-state index in [0.717, 1.165) is 0 Å². The van der Waals surface area contributed by atoms with Crippen molar-refractivity contribution in [2.24, 2.45) is 0 Å². The first-order chi connectivity index (χ1) is 16.5. The molecule has 0 aliphatic rings. The van der Waals surface area contributed by atoms with Gasteiger partial charge in [-0.25, -0.2) is 18.7 Å². The van der Waals surface area contributed by atoms with Crippen LogP contribution in [0.25, 0.3) is 28.0 Å². The molecule has 0 unspecified atom stereocenters. The van der Waals surface area contributed by atoms with Crippen molar-refractivity contribution in [3.63, 3.8) is 0 Å². The van der Waals surface area contributed by atoms with Crippen LogP contribution in [0.15, 0.2) is 65.7 Å². The summed E-state index contributed by atoms with van der Waals surface area (Å²) in [4.78, 5) is 26.4. The van der Waals surface area contributed by atoms with Gasteiger partial charge in [0.2, 0.25) is 5.95 Å². The molecule has 170 valence electrons. The first-order valence-electron chi connectivity index (χ1n) is 10.6. The van der Waals surface area contributed by atoms with Crippen LogP contribution in [0.2, 0.25) is 0 Å². The van der Waals surface area contributed by atoms with Gasteiger partial charge in [-0.1, -0.05) is 0 Å². The fourth-order valence-electron chi connectivity index (χ4n) is 3.81. The van der Waals surface area contributed by atoms with E-state index in [2.05, 4.69) is 20.1 Å². The quantitative estimate of drug-likeness (QED) is 0.432. The number of nitrogen functional groups attached to an aromatic ring is 1. The number of pyridine rings is 2. The molecule has 4 heterocycles. The van der Waals surface area contributed by atoms with Gasteiger partial charge >= 0.3 is 0 Å². The third kappa shape index (κ3) is 3.68. The zero-order chi connectivity index (χ0) is 23.8. The maximum absolute atomic E-state index is 14.2.